The molecule has 1 aromatic rings. The first-order chi connectivity index (χ1) is 8.65. The highest BCUT2D eigenvalue weighted by Gasteiger charge is 2.07. The number of methoxy groups -OCH3 is 1. The molecule has 1 aromatic carbocycles. The predicted molar refractivity (Wildman–Crippen MR) is 66.1 cm³/mol. The summed E-state index contributed by atoms with van der Waals surface area (Å²) in [5.74, 6) is 0.211. The van der Waals surface area contributed by atoms with Crippen LogP contribution in [-0.4, -0.2) is 25.4 Å². The van der Waals surface area contributed by atoms with Crippen molar-refractivity contribution in [2.45, 2.75) is 19.4 Å². The summed E-state index contributed by atoms with van der Waals surface area (Å²) >= 11 is 0. The molecule has 0 atom stereocenters. The fourth-order valence-electron chi connectivity index (χ4n) is 1.30. The van der Waals surface area contributed by atoms with Crippen LogP contribution in [-0.2, 0) is 20.9 Å². The van der Waals surface area contributed by atoms with E-state index in [1.54, 1.807) is 19.2 Å². The zero-order valence-electron chi connectivity index (χ0n) is 10.3. The number of carbonyl (C=O) groups excluding carboxylic acids is 2. The standard InChI is InChI=1S/C13H17NO4/c1-17-12-5-2-10(3-6-12)9-18-13(16)7-4-11(15)8-14/h2-3,5-6H,4,7-9,14H2,1H3. The Hall–Kier alpha value is -1.88. The van der Waals surface area contributed by atoms with Crippen LogP contribution in [0.25, 0.3) is 0 Å². The minimum atomic E-state index is -0.396. The maximum Gasteiger partial charge on any atom is 0.306 e. The van der Waals surface area contributed by atoms with Crippen LogP contribution in [0.3, 0.4) is 0 Å². The highest BCUT2D eigenvalue weighted by Crippen LogP contribution is 2.12. The van der Waals surface area contributed by atoms with Gasteiger partial charge >= 0.3 is 5.97 Å². The van der Waals surface area contributed by atoms with Gasteiger partial charge in [0.05, 0.1) is 20.1 Å². The Kier molecular flexibility index (Phi) is 5.87. The van der Waals surface area contributed by atoms with Crippen molar-refractivity contribution >= 4 is 11.8 Å². The van der Waals surface area contributed by atoms with E-state index in [1.165, 1.54) is 0 Å². The predicted octanol–water partition coefficient (Wildman–Crippen LogP) is 1.05. The van der Waals surface area contributed by atoms with Crippen LogP contribution in [0.5, 0.6) is 5.75 Å². The zero-order valence-corrected chi connectivity index (χ0v) is 10.3. The Morgan fingerprint density at radius 1 is 1.17 bits per heavy atom. The molecule has 0 saturated carbocycles. The Morgan fingerprint density at radius 3 is 2.39 bits per heavy atom. The average molecular weight is 251 g/mol. The van der Waals surface area contributed by atoms with Gasteiger partial charge in [0.25, 0.3) is 0 Å². The number of hydrogen-bond donors (Lipinski definition) is 1. The molecular weight excluding hydrogens is 234 g/mol. The number of carbonyl (C=O) groups is 2. The molecule has 0 amide bonds. The van der Waals surface area contributed by atoms with Crippen molar-refractivity contribution in [3.63, 3.8) is 0 Å². The molecule has 5 heteroatoms. The zero-order chi connectivity index (χ0) is 13.4. The van der Waals surface area contributed by atoms with E-state index in [9.17, 15) is 9.59 Å². The Balaban J connectivity index is 2.31. The molecule has 0 saturated heterocycles. The molecular formula is C13H17NO4. The summed E-state index contributed by atoms with van der Waals surface area (Å²) < 4.78 is 10.0. The van der Waals surface area contributed by atoms with Crippen molar-refractivity contribution in [2.24, 2.45) is 5.73 Å². The van der Waals surface area contributed by atoms with E-state index in [2.05, 4.69) is 0 Å². The van der Waals surface area contributed by atoms with E-state index in [4.69, 9.17) is 15.2 Å². The number of Topliss-reactive ketones (excluding diaryl/α,β-unsaturated/α-hetero) is 1. The maximum atomic E-state index is 11.3. The lowest BCUT2D eigenvalue weighted by Crippen LogP contribution is -2.15. The topological polar surface area (TPSA) is 78.6 Å². The third kappa shape index (κ3) is 4.97. The van der Waals surface area contributed by atoms with Crippen molar-refractivity contribution in [1.29, 1.82) is 0 Å². The minimum Gasteiger partial charge on any atom is -0.497 e. The molecule has 5 nitrogen and oxygen atoms in total. The van der Waals surface area contributed by atoms with Gasteiger partial charge in [0.1, 0.15) is 18.1 Å². The number of rotatable bonds is 7. The van der Waals surface area contributed by atoms with Crippen molar-refractivity contribution < 1.29 is 19.1 Å². The number of esters is 1. The Bertz CT molecular complexity index is 400. The summed E-state index contributed by atoms with van der Waals surface area (Å²) in [5, 5.41) is 0. The van der Waals surface area contributed by atoms with Crippen LogP contribution in [0.15, 0.2) is 24.3 Å². The van der Waals surface area contributed by atoms with Gasteiger partial charge in [0.15, 0.2) is 0 Å². The van der Waals surface area contributed by atoms with Crippen LogP contribution < -0.4 is 10.5 Å². The third-order valence-corrected chi connectivity index (χ3v) is 2.39. The average Bonchev–Trinajstić information content (AvgIpc) is 2.42. The number of hydrogen-bond acceptors (Lipinski definition) is 5. The monoisotopic (exact) mass is 251 g/mol. The molecule has 98 valence electrons. The summed E-state index contributed by atoms with van der Waals surface area (Å²) in [6, 6.07) is 7.22. The molecule has 0 aliphatic rings. The number of ether oxygens (including phenoxy) is 2. The van der Waals surface area contributed by atoms with Gasteiger partial charge in [-0.2, -0.15) is 0 Å². The van der Waals surface area contributed by atoms with Gasteiger partial charge in [-0.15, -0.1) is 0 Å². The van der Waals surface area contributed by atoms with Crippen molar-refractivity contribution in [3.8, 4) is 5.75 Å². The number of nitrogens with two attached hydrogens (primary N) is 1. The second kappa shape index (κ2) is 7.45. The Morgan fingerprint density at radius 2 is 1.83 bits per heavy atom. The summed E-state index contributed by atoms with van der Waals surface area (Å²) in [4.78, 5) is 22.2. The SMILES string of the molecule is COc1ccc(COC(=O)CCC(=O)CN)cc1. The van der Waals surface area contributed by atoms with Crippen molar-refractivity contribution in [2.75, 3.05) is 13.7 Å². The molecule has 0 aliphatic heterocycles. The molecule has 0 spiro atoms. The summed E-state index contributed by atoms with van der Waals surface area (Å²) in [6.45, 7) is 0.158. The van der Waals surface area contributed by atoms with E-state index >= 15 is 0 Å². The lowest BCUT2D eigenvalue weighted by Gasteiger charge is -2.05. The first kappa shape index (κ1) is 14.2. The largest absolute Gasteiger partial charge is 0.497 e. The van der Waals surface area contributed by atoms with Crippen LogP contribution in [0, 0.1) is 0 Å². The molecule has 0 aliphatic carbocycles. The van der Waals surface area contributed by atoms with E-state index in [1.807, 2.05) is 12.1 Å². The summed E-state index contributed by atoms with van der Waals surface area (Å²) in [6.07, 6.45) is 0.212. The van der Waals surface area contributed by atoms with Crippen molar-refractivity contribution in [3.05, 3.63) is 29.8 Å². The van der Waals surface area contributed by atoms with Gasteiger partial charge in [-0.3, -0.25) is 9.59 Å². The highest BCUT2D eigenvalue weighted by molar-refractivity contribution is 5.84. The third-order valence-electron chi connectivity index (χ3n) is 2.39. The van der Waals surface area contributed by atoms with Gasteiger partial charge in [0, 0.05) is 6.42 Å². The molecule has 0 bridgehead atoms. The molecule has 0 unspecified atom stereocenters. The van der Waals surface area contributed by atoms with E-state index in [-0.39, 0.29) is 31.8 Å². The lowest BCUT2D eigenvalue weighted by molar-refractivity contribution is -0.146. The summed E-state index contributed by atoms with van der Waals surface area (Å²) in [7, 11) is 1.59. The summed E-state index contributed by atoms with van der Waals surface area (Å²) in [5.41, 5.74) is 6.01. The van der Waals surface area contributed by atoms with E-state index in [0.29, 0.717) is 0 Å². The number of ketones is 1. The van der Waals surface area contributed by atoms with E-state index < -0.39 is 5.97 Å². The van der Waals surface area contributed by atoms with Gasteiger partial charge in [-0.05, 0) is 17.7 Å². The van der Waals surface area contributed by atoms with Crippen LogP contribution in [0.1, 0.15) is 18.4 Å². The normalized spacial score (nSPS) is 9.89. The van der Waals surface area contributed by atoms with E-state index in [0.717, 1.165) is 11.3 Å². The molecule has 0 fully saturated rings. The number of benzene rings is 1. The smallest absolute Gasteiger partial charge is 0.306 e. The quantitative estimate of drug-likeness (QED) is 0.733. The maximum absolute atomic E-state index is 11.3. The fraction of sp³-hybridized carbons (Fsp3) is 0.385. The molecule has 2 N–H and O–H groups in total. The highest BCUT2D eigenvalue weighted by atomic mass is 16.5. The van der Waals surface area contributed by atoms with Crippen LogP contribution in [0.4, 0.5) is 0 Å². The first-order valence-electron chi connectivity index (χ1n) is 5.66. The second-order valence-corrected chi connectivity index (χ2v) is 3.75. The van der Waals surface area contributed by atoms with Gasteiger partial charge in [-0.1, -0.05) is 12.1 Å². The van der Waals surface area contributed by atoms with Gasteiger partial charge < -0.3 is 15.2 Å². The Labute approximate surface area is 106 Å². The lowest BCUT2D eigenvalue weighted by atomic mass is 10.2. The van der Waals surface area contributed by atoms with Crippen LogP contribution >= 0.6 is 0 Å². The molecule has 0 heterocycles. The molecule has 0 aromatic heterocycles. The van der Waals surface area contributed by atoms with Gasteiger partial charge in [0.2, 0.25) is 0 Å². The first-order valence-corrected chi connectivity index (χ1v) is 5.66. The molecule has 18 heavy (non-hydrogen) atoms. The fourth-order valence-corrected chi connectivity index (χ4v) is 1.30. The van der Waals surface area contributed by atoms with Gasteiger partial charge in [-0.25, -0.2) is 0 Å². The van der Waals surface area contributed by atoms with Crippen molar-refractivity contribution in [1.82, 2.24) is 0 Å². The molecule has 1 rings (SSSR count). The second-order valence-electron chi connectivity index (χ2n) is 3.75. The molecule has 0 radical (unpaired) electrons. The van der Waals surface area contributed by atoms with Crippen LogP contribution in [0.2, 0.25) is 0 Å². The minimum absolute atomic E-state index is 0.0360.